The van der Waals surface area contributed by atoms with E-state index in [2.05, 4.69) is 36.4 Å². The molecule has 3 rings (SSSR count). The van der Waals surface area contributed by atoms with Crippen molar-refractivity contribution >= 4 is 29.1 Å². The Balaban J connectivity index is 1.56. The number of likely N-dealkylation sites (tertiary alicyclic amines) is 1. The summed E-state index contributed by atoms with van der Waals surface area (Å²) in [5, 5.41) is 3.61. The minimum Gasteiger partial charge on any atom is -0.338 e. The van der Waals surface area contributed by atoms with E-state index in [4.69, 9.17) is 11.6 Å². The number of halogens is 1. The Labute approximate surface area is 177 Å². The normalized spacial score (nSPS) is 16.7. The van der Waals surface area contributed by atoms with Gasteiger partial charge in [-0.25, -0.2) is 0 Å². The quantitative estimate of drug-likeness (QED) is 0.780. The molecule has 2 aromatic rings. The highest BCUT2D eigenvalue weighted by atomic mass is 35.5. The molecule has 2 aromatic carbocycles. The molecule has 1 heterocycles. The number of rotatable bonds is 6. The maximum atomic E-state index is 12.7. The van der Waals surface area contributed by atoms with Crippen molar-refractivity contribution in [1.29, 1.82) is 0 Å². The number of nitrogens with zero attached hydrogens (tertiary/aromatic N) is 2. The monoisotopic (exact) mass is 413 g/mol. The molecule has 1 N–H and O–H groups in total. The van der Waals surface area contributed by atoms with Crippen molar-refractivity contribution in [3.8, 4) is 0 Å². The second-order valence-electron chi connectivity index (χ2n) is 7.84. The molecular formula is C23H28ClN3O2. The first kappa shape index (κ1) is 21.3. The smallest absolute Gasteiger partial charge is 0.253 e. The molecular weight excluding hydrogens is 386 g/mol. The summed E-state index contributed by atoms with van der Waals surface area (Å²) in [6.45, 7) is 2.10. The van der Waals surface area contributed by atoms with Crippen LogP contribution >= 0.6 is 11.6 Å². The number of hydrogen-bond donors (Lipinski definition) is 1. The summed E-state index contributed by atoms with van der Waals surface area (Å²) >= 11 is 5.90. The standard InChI is InChI=1S/C23H28ClN3O2/c1-26(2)15-13-17-5-11-21(12-6-17)25-22(28)19-4-3-14-27(16-19)23(29)18-7-9-20(24)10-8-18/h5-12,19H,3-4,13-16H2,1-2H3,(H,25,28). The Morgan fingerprint density at radius 1 is 1.10 bits per heavy atom. The zero-order chi connectivity index (χ0) is 20.8. The van der Waals surface area contributed by atoms with Crippen molar-refractivity contribution in [2.45, 2.75) is 19.3 Å². The van der Waals surface area contributed by atoms with E-state index in [9.17, 15) is 9.59 Å². The Morgan fingerprint density at radius 3 is 2.45 bits per heavy atom. The third-order valence-electron chi connectivity index (χ3n) is 5.24. The van der Waals surface area contributed by atoms with Gasteiger partial charge in [0, 0.05) is 35.9 Å². The van der Waals surface area contributed by atoms with Crippen LogP contribution in [0, 0.1) is 5.92 Å². The van der Waals surface area contributed by atoms with Gasteiger partial charge in [0.2, 0.25) is 5.91 Å². The molecule has 0 spiro atoms. The van der Waals surface area contributed by atoms with E-state index in [0.717, 1.165) is 31.5 Å². The van der Waals surface area contributed by atoms with Gasteiger partial charge in [0.1, 0.15) is 0 Å². The number of carbonyl (C=O) groups excluding carboxylic acids is 2. The summed E-state index contributed by atoms with van der Waals surface area (Å²) in [5.41, 5.74) is 2.64. The van der Waals surface area contributed by atoms with Gasteiger partial charge in [0.25, 0.3) is 5.91 Å². The topological polar surface area (TPSA) is 52.7 Å². The van der Waals surface area contributed by atoms with Crippen LogP contribution in [-0.2, 0) is 11.2 Å². The summed E-state index contributed by atoms with van der Waals surface area (Å²) < 4.78 is 0. The molecule has 1 unspecified atom stereocenters. The minimum atomic E-state index is -0.201. The number of likely N-dealkylation sites (N-methyl/N-ethyl adjacent to an activating group) is 1. The predicted octanol–water partition coefficient (Wildman–Crippen LogP) is 3.94. The van der Waals surface area contributed by atoms with Crippen LogP contribution in [0.4, 0.5) is 5.69 Å². The van der Waals surface area contributed by atoms with Crippen LogP contribution in [0.3, 0.4) is 0 Å². The average Bonchev–Trinajstić information content (AvgIpc) is 2.73. The summed E-state index contributed by atoms with van der Waals surface area (Å²) in [7, 11) is 4.11. The van der Waals surface area contributed by atoms with Gasteiger partial charge in [-0.1, -0.05) is 23.7 Å². The molecule has 0 saturated carbocycles. The maximum Gasteiger partial charge on any atom is 0.253 e. The fraction of sp³-hybridized carbons (Fsp3) is 0.391. The van der Waals surface area contributed by atoms with Gasteiger partial charge in [-0.15, -0.1) is 0 Å². The van der Waals surface area contributed by atoms with Gasteiger partial charge in [-0.05, 0) is 75.3 Å². The number of piperidine rings is 1. The molecule has 1 saturated heterocycles. The van der Waals surface area contributed by atoms with Crippen LogP contribution in [0.2, 0.25) is 5.02 Å². The lowest BCUT2D eigenvalue weighted by Gasteiger charge is -2.32. The van der Waals surface area contributed by atoms with Gasteiger partial charge in [-0.3, -0.25) is 9.59 Å². The first-order chi connectivity index (χ1) is 13.9. The average molecular weight is 414 g/mol. The molecule has 0 aliphatic carbocycles. The van der Waals surface area contributed by atoms with E-state index >= 15 is 0 Å². The summed E-state index contributed by atoms with van der Waals surface area (Å²) in [6.07, 6.45) is 2.59. The Bertz CT molecular complexity index is 834. The highest BCUT2D eigenvalue weighted by Crippen LogP contribution is 2.21. The van der Waals surface area contributed by atoms with Crippen molar-refractivity contribution in [1.82, 2.24) is 9.80 Å². The highest BCUT2D eigenvalue weighted by molar-refractivity contribution is 6.30. The minimum absolute atomic E-state index is 0.0281. The number of nitrogens with one attached hydrogen (secondary N) is 1. The van der Waals surface area contributed by atoms with Crippen LogP contribution in [0.1, 0.15) is 28.8 Å². The SMILES string of the molecule is CN(C)CCc1ccc(NC(=O)C2CCCN(C(=O)c3ccc(Cl)cc3)C2)cc1. The summed E-state index contributed by atoms with van der Waals surface area (Å²) in [6, 6.07) is 14.9. The van der Waals surface area contributed by atoms with E-state index in [1.165, 1.54) is 5.56 Å². The lowest BCUT2D eigenvalue weighted by Crippen LogP contribution is -2.43. The molecule has 0 radical (unpaired) electrons. The van der Waals surface area contributed by atoms with Gasteiger partial charge in [0.05, 0.1) is 5.92 Å². The lowest BCUT2D eigenvalue weighted by molar-refractivity contribution is -0.121. The second-order valence-corrected chi connectivity index (χ2v) is 8.27. The van der Waals surface area contributed by atoms with Crippen LogP contribution in [0.5, 0.6) is 0 Å². The number of amides is 2. The first-order valence-electron chi connectivity index (χ1n) is 10.0. The molecule has 1 aliphatic rings. The van der Waals surface area contributed by atoms with Crippen molar-refractivity contribution in [2.24, 2.45) is 5.92 Å². The predicted molar refractivity (Wildman–Crippen MR) is 117 cm³/mol. The zero-order valence-electron chi connectivity index (χ0n) is 17.0. The van der Waals surface area contributed by atoms with Crippen molar-refractivity contribution in [2.75, 3.05) is 39.0 Å². The van der Waals surface area contributed by atoms with E-state index < -0.39 is 0 Å². The molecule has 1 aliphatic heterocycles. The van der Waals surface area contributed by atoms with Crippen LogP contribution in [0.15, 0.2) is 48.5 Å². The van der Waals surface area contributed by atoms with Crippen LogP contribution in [0.25, 0.3) is 0 Å². The van der Waals surface area contributed by atoms with E-state index in [0.29, 0.717) is 23.7 Å². The Kier molecular flexibility index (Phi) is 7.29. The number of carbonyl (C=O) groups is 2. The lowest BCUT2D eigenvalue weighted by atomic mass is 9.96. The van der Waals surface area contributed by atoms with Crippen molar-refractivity contribution < 1.29 is 9.59 Å². The molecule has 1 fully saturated rings. The second kappa shape index (κ2) is 9.90. The molecule has 6 heteroatoms. The summed E-state index contributed by atoms with van der Waals surface area (Å²) in [5.74, 6) is -0.280. The third kappa shape index (κ3) is 6.05. The third-order valence-corrected chi connectivity index (χ3v) is 5.49. The molecule has 1 atom stereocenters. The maximum absolute atomic E-state index is 12.7. The van der Waals surface area contributed by atoms with Gasteiger partial charge in [0.15, 0.2) is 0 Å². The Morgan fingerprint density at radius 2 is 1.79 bits per heavy atom. The fourth-order valence-electron chi connectivity index (χ4n) is 3.50. The number of hydrogen-bond acceptors (Lipinski definition) is 3. The Hall–Kier alpha value is -2.37. The largest absolute Gasteiger partial charge is 0.338 e. The number of benzene rings is 2. The van der Waals surface area contributed by atoms with E-state index in [-0.39, 0.29) is 17.7 Å². The molecule has 0 bridgehead atoms. The van der Waals surface area contributed by atoms with E-state index in [1.807, 2.05) is 12.1 Å². The van der Waals surface area contributed by atoms with Crippen molar-refractivity contribution in [3.05, 3.63) is 64.7 Å². The summed E-state index contributed by atoms with van der Waals surface area (Å²) in [4.78, 5) is 29.4. The number of anilines is 1. The van der Waals surface area contributed by atoms with Gasteiger partial charge in [-0.2, -0.15) is 0 Å². The molecule has 2 amide bonds. The highest BCUT2D eigenvalue weighted by Gasteiger charge is 2.29. The molecule has 29 heavy (non-hydrogen) atoms. The fourth-order valence-corrected chi connectivity index (χ4v) is 3.63. The van der Waals surface area contributed by atoms with Crippen LogP contribution < -0.4 is 5.32 Å². The molecule has 0 aromatic heterocycles. The first-order valence-corrected chi connectivity index (χ1v) is 10.4. The molecule has 5 nitrogen and oxygen atoms in total. The molecule has 154 valence electrons. The van der Waals surface area contributed by atoms with Gasteiger partial charge >= 0.3 is 0 Å². The van der Waals surface area contributed by atoms with Gasteiger partial charge < -0.3 is 15.1 Å². The van der Waals surface area contributed by atoms with Crippen LogP contribution in [-0.4, -0.2) is 55.3 Å². The zero-order valence-corrected chi connectivity index (χ0v) is 17.8. The van der Waals surface area contributed by atoms with Crippen molar-refractivity contribution in [3.63, 3.8) is 0 Å². The van der Waals surface area contributed by atoms with E-state index in [1.54, 1.807) is 29.2 Å².